The number of aliphatic hydroxyl groups excluding tert-OH is 1. The first kappa shape index (κ1) is 16.1. The van der Waals surface area contributed by atoms with E-state index in [0.717, 1.165) is 12.8 Å². The lowest BCUT2D eigenvalue weighted by molar-refractivity contribution is -0.123. The Kier molecular flexibility index (Phi) is 4.66. The van der Waals surface area contributed by atoms with Gasteiger partial charge in [-0.25, -0.2) is 8.78 Å². The lowest BCUT2D eigenvalue weighted by atomic mass is 9.91. The van der Waals surface area contributed by atoms with Crippen LogP contribution >= 0.6 is 0 Å². The number of carbonyl (C=O) groups is 1. The number of hydrogen-bond acceptors (Lipinski definition) is 4. The Morgan fingerprint density at radius 2 is 1.91 bits per heavy atom. The fraction of sp³-hybridized carbons (Fsp3) is 0.933. The van der Waals surface area contributed by atoms with E-state index in [4.69, 9.17) is 4.74 Å². The zero-order chi connectivity index (χ0) is 15.7. The number of ether oxygens (including phenoxy) is 1. The number of aliphatic hydroxyl groups is 1. The van der Waals surface area contributed by atoms with Gasteiger partial charge in [-0.2, -0.15) is 0 Å². The van der Waals surface area contributed by atoms with Crippen LogP contribution in [0.4, 0.5) is 8.78 Å². The smallest absolute Gasteiger partial charge is 0.248 e. The minimum Gasteiger partial charge on any atom is -0.389 e. The Morgan fingerprint density at radius 1 is 1.23 bits per heavy atom. The molecule has 0 unspecified atom stereocenters. The van der Waals surface area contributed by atoms with Crippen LogP contribution in [-0.2, 0) is 9.53 Å². The quantitative estimate of drug-likeness (QED) is 0.701. The third-order valence-corrected chi connectivity index (χ3v) is 4.88. The first-order chi connectivity index (χ1) is 10.4. The van der Waals surface area contributed by atoms with Gasteiger partial charge in [-0.15, -0.1) is 0 Å². The van der Waals surface area contributed by atoms with E-state index in [1.165, 1.54) is 0 Å². The Balaban J connectivity index is 1.40. The molecule has 0 aromatic rings. The summed E-state index contributed by atoms with van der Waals surface area (Å²) in [7, 11) is 0. The average Bonchev–Trinajstić information content (AvgIpc) is 3.26. The maximum absolute atomic E-state index is 13.1. The van der Waals surface area contributed by atoms with E-state index < -0.39 is 18.1 Å². The number of rotatable bonds is 5. The van der Waals surface area contributed by atoms with Crippen LogP contribution in [-0.4, -0.2) is 54.4 Å². The lowest BCUT2D eigenvalue weighted by Crippen LogP contribution is -2.49. The zero-order valence-corrected chi connectivity index (χ0v) is 12.6. The third-order valence-electron chi connectivity index (χ3n) is 4.88. The molecule has 1 aliphatic heterocycles. The van der Waals surface area contributed by atoms with Gasteiger partial charge in [0, 0.05) is 31.3 Å². The summed E-state index contributed by atoms with van der Waals surface area (Å²) in [4.78, 5) is 11.6. The second kappa shape index (κ2) is 6.37. The molecule has 7 heteroatoms. The fourth-order valence-electron chi connectivity index (χ4n) is 3.21. The van der Waals surface area contributed by atoms with Crippen molar-refractivity contribution in [3.05, 3.63) is 0 Å². The summed E-state index contributed by atoms with van der Waals surface area (Å²) < 4.78 is 31.8. The second-order valence-electron chi connectivity index (χ2n) is 6.79. The predicted octanol–water partition coefficient (Wildman–Crippen LogP) is 0.808. The van der Waals surface area contributed by atoms with Gasteiger partial charge in [-0.05, 0) is 25.7 Å². The first-order valence-electron chi connectivity index (χ1n) is 8.16. The van der Waals surface area contributed by atoms with E-state index in [1.54, 1.807) is 0 Å². The van der Waals surface area contributed by atoms with Crippen molar-refractivity contribution in [3.8, 4) is 0 Å². The normalized spacial score (nSPS) is 35.5. The van der Waals surface area contributed by atoms with Crippen molar-refractivity contribution in [1.29, 1.82) is 0 Å². The van der Waals surface area contributed by atoms with Crippen molar-refractivity contribution in [3.63, 3.8) is 0 Å². The Hall–Kier alpha value is -0.790. The monoisotopic (exact) mass is 318 g/mol. The number of hydrogen-bond donors (Lipinski definition) is 3. The minimum absolute atomic E-state index is 0.00248. The van der Waals surface area contributed by atoms with Crippen LogP contribution in [0.2, 0.25) is 0 Å². The first-order valence-corrected chi connectivity index (χ1v) is 8.16. The molecular formula is C15H24F2N2O3. The van der Waals surface area contributed by atoms with Gasteiger partial charge in [0.2, 0.25) is 11.8 Å². The largest absolute Gasteiger partial charge is 0.389 e. The lowest BCUT2D eigenvalue weighted by Gasteiger charge is -2.31. The second-order valence-corrected chi connectivity index (χ2v) is 6.79. The Bertz CT molecular complexity index is 408. The molecule has 0 aromatic carbocycles. The van der Waals surface area contributed by atoms with Gasteiger partial charge in [-0.3, -0.25) is 4.79 Å². The highest BCUT2D eigenvalue weighted by Gasteiger charge is 2.40. The van der Waals surface area contributed by atoms with E-state index in [1.807, 2.05) is 0 Å². The molecule has 0 aromatic heterocycles. The summed E-state index contributed by atoms with van der Waals surface area (Å²) >= 11 is 0. The summed E-state index contributed by atoms with van der Waals surface area (Å²) in [6.07, 6.45) is 1.36. The van der Waals surface area contributed by atoms with E-state index in [0.29, 0.717) is 26.0 Å². The Morgan fingerprint density at radius 3 is 2.55 bits per heavy atom. The predicted molar refractivity (Wildman–Crippen MR) is 75.6 cm³/mol. The van der Waals surface area contributed by atoms with Crippen molar-refractivity contribution in [2.45, 2.75) is 68.7 Å². The maximum Gasteiger partial charge on any atom is 0.248 e. The molecule has 126 valence electrons. The van der Waals surface area contributed by atoms with Crippen molar-refractivity contribution in [1.82, 2.24) is 10.6 Å². The summed E-state index contributed by atoms with van der Waals surface area (Å²) in [5, 5.41) is 16.3. The van der Waals surface area contributed by atoms with Crippen molar-refractivity contribution < 1.29 is 23.4 Å². The molecule has 5 nitrogen and oxygen atoms in total. The van der Waals surface area contributed by atoms with Crippen LogP contribution < -0.4 is 10.6 Å². The summed E-state index contributed by atoms with van der Waals surface area (Å²) in [6, 6.07) is -0.248. The fourth-order valence-corrected chi connectivity index (χ4v) is 3.21. The van der Waals surface area contributed by atoms with E-state index in [-0.39, 0.29) is 36.8 Å². The highest BCUT2D eigenvalue weighted by Crippen LogP contribution is 2.33. The molecule has 3 atom stereocenters. The molecular weight excluding hydrogens is 294 g/mol. The molecule has 1 saturated heterocycles. The summed E-state index contributed by atoms with van der Waals surface area (Å²) in [5.74, 6) is -2.38. The van der Waals surface area contributed by atoms with Crippen LogP contribution in [0.25, 0.3) is 0 Å². The van der Waals surface area contributed by atoms with Crippen LogP contribution in [0.3, 0.4) is 0 Å². The molecule has 1 heterocycles. The molecule has 0 radical (unpaired) electrons. The molecule has 3 aliphatic rings. The molecule has 22 heavy (non-hydrogen) atoms. The Labute approximate surface area is 128 Å². The van der Waals surface area contributed by atoms with Crippen LogP contribution in [0, 0.1) is 5.92 Å². The van der Waals surface area contributed by atoms with Gasteiger partial charge in [0.15, 0.2) is 0 Å². The van der Waals surface area contributed by atoms with Crippen LogP contribution in [0.15, 0.2) is 0 Å². The maximum atomic E-state index is 13.1. The zero-order valence-electron chi connectivity index (χ0n) is 12.6. The van der Waals surface area contributed by atoms with Gasteiger partial charge in [0.1, 0.15) is 6.10 Å². The standard InChI is InChI=1S/C15H24F2N2O3/c16-15(17)5-3-10(4-6-15)19-11-8-22-12(13(11)20)7-18-14(21)9-1-2-9/h9-13,19-20H,1-8H2,(H,18,21)/t11-,12-,13+/m1/s1. The van der Waals surface area contributed by atoms with Gasteiger partial charge >= 0.3 is 0 Å². The SMILES string of the molecule is O=C(NC[C@H]1OC[C@@H](NC2CCC(F)(F)CC2)[C@@H]1O)C1CC1. The van der Waals surface area contributed by atoms with E-state index >= 15 is 0 Å². The summed E-state index contributed by atoms with van der Waals surface area (Å²) in [5.41, 5.74) is 0. The van der Waals surface area contributed by atoms with Gasteiger partial charge in [0.05, 0.1) is 18.8 Å². The molecule has 3 N–H and O–H groups in total. The molecule has 3 rings (SSSR count). The molecule has 2 saturated carbocycles. The summed E-state index contributed by atoms with van der Waals surface area (Å²) in [6.45, 7) is 0.648. The molecule has 1 amide bonds. The van der Waals surface area contributed by atoms with Gasteiger partial charge in [0.25, 0.3) is 0 Å². The van der Waals surface area contributed by atoms with E-state index in [2.05, 4.69) is 10.6 Å². The number of halogens is 2. The highest BCUT2D eigenvalue weighted by molar-refractivity contribution is 5.80. The molecule has 0 spiro atoms. The molecule has 3 fully saturated rings. The van der Waals surface area contributed by atoms with Gasteiger partial charge < -0.3 is 20.5 Å². The van der Waals surface area contributed by atoms with E-state index in [9.17, 15) is 18.7 Å². The third kappa shape index (κ3) is 3.94. The number of carbonyl (C=O) groups excluding carboxylic acids is 1. The minimum atomic E-state index is -2.54. The number of alkyl halides is 2. The van der Waals surface area contributed by atoms with Crippen LogP contribution in [0.1, 0.15) is 38.5 Å². The number of amides is 1. The van der Waals surface area contributed by atoms with Crippen molar-refractivity contribution >= 4 is 5.91 Å². The molecule has 2 aliphatic carbocycles. The average molecular weight is 318 g/mol. The number of nitrogens with one attached hydrogen (secondary N) is 2. The van der Waals surface area contributed by atoms with Crippen molar-refractivity contribution in [2.24, 2.45) is 5.92 Å². The van der Waals surface area contributed by atoms with Gasteiger partial charge in [-0.1, -0.05) is 0 Å². The molecule has 0 bridgehead atoms. The van der Waals surface area contributed by atoms with Crippen molar-refractivity contribution in [2.75, 3.05) is 13.2 Å². The topological polar surface area (TPSA) is 70.6 Å². The van der Waals surface area contributed by atoms with Crippen LogP contribution in [0.5, 0.6) is 0 Å². The highest BCUT2D eigenvalue weighted by atomic mass is 19.3.